The summed E-state index contributed by atoms with van der Waals surface area (Å²) < 4.78 is 14.3. The largest absolute Gasteiger partial charge is 0.469 e. The Kier molecular flexibility index (Phi) is 5.37. The molecular weight excluding hydrogens is 183 g/mol. The van der Waals surface area contributed by atoms with E-state index in [1.165, 1.54) is 0 Å². The Morgan fingerprint density at radius 2 is 2.17 bits per heavy atom. The van der Waals surface area contributed by atoms with Gasteiger partial charge in [0.1, 0.15) is 0 Å². The van der Waals surface area contributed by atoms with Crippen LogP contribution in [0.2, 0.25) is 0 Å². The first-order chi connectivity index (χ1) is 5.45. The SMILES string of the molecule is C/C(=C/CCOP(=O)(O)O)CO. The fourth-order valence-corrected chi connectivity index (χ4v) is 0.885. The highest BCUT2D eigenvalue weighted by Gasteiger charge is 2.11. The molecule has 12 heavy (non-hydrogen) atoms. The predicted molar refractivity (Wildman–Crippen MR) is 43.5 cm³/mol. The fraction of sp³-hybridized carbons (Fsp3) is 0.667. The molecule has 72 valence electrons. The van der Waals surface area contributed by atoms with Gasteiger partial charge in [-0.1, -0.05) is 11.6 Å². The van der Waals surface area contributed by atoms with Gasteiger partial charge in [0.25, 0.3) is 0 Å². The Morgan fingerprint density at radius 3 is 2.58 bits per heavy atom. The van der Waals surface area contributed by atoms with Crippen molar-refractivity contribution in [2.75, 3.05) is 13.2 Å². The van der Waals surface area contributed by atoms with E-state index in [4.69, 9.17) is 14.9 Å². The number of phosphoric ester groups is 1. The zero-order valence-corrected chi connectivity index (χ0v) is 7.70. The molecule has 0 bridgehead atoms. The third-order valence-electron chi connectivity index (χ3n) is 1.12. The van der Waals surface area contributed by atoms with Crippen LogP contribution in [-0.2, 0) is 9.09 Å². The molecule has 0 aromatic heterocycles. The summed E-state index contributed by atoms with van der Waals surface area (Å²) in [7, 11) is -4.33. The van der Waals surface area contributed by atoms with Crippen molar-refractivity contribution < 1.29 is 24.0 Å². The van der Waals surface area contributed by atoms with Crippen molar-refractivity contribution in [1.29, 1.82) is 0 Å². The molecule has 0 heterocycles. The fourth-order valence-electron chi connectivity index (χ4n) is 0.541. The van der Waals surface area contributed by atoms with Crippen LogP contribution in [0.4, 0.5) is 0 Å². The number of hydrogen-bond acceptors (Lipinski definition) is 3. The normalized spacial score (nSPS) is 13.5. The first-order valence-corrected chi connectivity index (χ1v) is 4.95. The molecule has 0 fully saturated rings. The number of aliphatic hydroxyl groups is 1. The zero-order chi connectivity index (χ0) is 9.61. The van der Waals surface area contributed by atoms with Gasteiger partial charge in [0, 0.05) is 0 Å². The van der Waals surface area contributed by atoms with Gasteiger partial charge in [-0.05, 0) is 13.3 Å². The summed E-state index contributed by atoms with van der Waals surface area (Å²) >= 11 is 0. The topological polar surface area (TPSA) is 87.0 Å². The van der Waals surface area contributed by atoms with Crippen molar-refractivity contribution in [3.05, 3.63) is 11.6 Å². The number of rotatable bonds is 5. The summed E-state index contributed by atoms with van der Waals surface area (Å²) in [4.78, 5) is 16.5. The van der Waals surface area contributed by atoms with Gasteiger partial charge in [-0.25, -0.2) is 4.57 Å². The van der Waals surface area contributed by atoms with E-state index in [0.29, 0.717) is 6.42 Å². The van der Waals surface area contributed by atoms with Crippen LogP contribution in [0.1, 0.15) is 13.3 Å². The molecule has 6 heteroatoms. The molecule has 0 rings (SSSR count). The Balaban J connectivity index is 3.52. The molecule has 0 unspecified atom stereocenters. The smallest absolute Gasteiger partial charge is 0.392 e. The molecule has 3 N–H and O–H groups in total. The third-order valence-corrected chi connectivity index (χ3v) is 1.64. The van der Waals surface area contributed by atoms with E-state index in [1.54, 1.807) is 13.0 Å². The van der Waals surface area contributed by atoms with E-state index in [2.05, 4.69) is 4.52 Å². The average Bonchev–Trinajstić information content (AvgIpc) is 1.96. The monoisotopic (exact) mass is 196 g/mol. The Bertz CT molecular complexity index is 194. The lowest BCUT2D eigenvalue weighted by Gasteiger charge is -2.02. The van der Waals surface area contributed by atoms with Crippen LogP contribution < -0.4 is 0 Å². The predicted octanol–water partition coefficient (Wildman–Crippen LogP) is 0.424. The number of hydrogen-bond donors (Lipinski definition) is 3. The van der Waals surface area contributed by atoms with Crippen LogP contribution >= 0.6 is 7.82 Å². The lowest BCUT2D eigenvalue weighted by Crippen LogP contribution is -1.91. The minimum absolute atomic E-state index is 0.0401. The molecule has 0 aliphatic carbocycles. The van der Waals surface area contributed by atoms with Crippen molar-refractivity contribution in [2.24, 2.45) is 0 Å². The highest BCUT2D eigenvalue weighted by atomic mass is 31.2. The van der Waals surface area contributed by atoms with Crippen molar-refractivity contribution in [3.63, 3.8) is 0 Å². The molecule has 0 radical (unpaired) electrons. The van der Waals surface area contributed by atoms with Crippen LogP contribution in [0.3, 0.4) is 0 Å². The van der Waals surface area contributed by atoms with Crippen LogP contribution in [0, 0.1) is 0 Å². The Morgan fingerprint density at radius 1 is 1.58 bits per heavy atom. The van der Waals surface area contributed by atoms with Crippen molar-refractivity contribution in [1.82, 2.24) is 0 Å². The van der Waals surface area contributed by atoms with Crippen LogP contribution in [0.25, 0.3) is 0 Å². The second-order valence-electron chi connectivity index (χ2n) is 2.32. The summed E-state index contributed by atoms with van der Waals surface area (Å²) in [5, 5.41) is 8.53. The molecule has 0 saturated heterocycles. The van der Waals surface area contributed by atoms with Gasteiger partial charge in [-0.15, -0.1) is 0 Å². The average molecular weight is 196 g/mol. The minimum atomic E-state index is -4.33. The van der Waals surface area contributed by atoms with Gasteiger partial charge >= 0.3 is 7.82 Å². The second kappa shape index (κ2) is 5.45. The van der Waals surface area contributed by atoms with Crippen molar-refractivity contribution >= 4 is 7.82 Å². The van der Waals surface area contributed by atoms with Gasteiger partial charge < -0.3 is 14.9 Å². The van der Waals surface area contributed by atoms with Crippen LogP contribution in [-0.4, -0.2) is 28.1 Å². The molecule has 0 atom stereocenters. The molecule has 0 saturated carbocycles. The molecular formula is C6H13O5P. The molecule has 0 spiro atoms. The van der Waals surface area contributed by atoms with E-state index in [9.17, 15) is 4.57 Å². The lowest BCUT2D eigenvalue weighted by atomic mass is 10.2. The minimum Gasteiger partial charge on any atom is -0.392 e. The first kappa shape index (κ1) is 11.8. The summed E-state index contributed by atoms with van der Waals surface area (Å²) in [6.07, 6.45) is 2.05. The van der Waals surface area contributed by atoms with E-state index < -0.39 is 7.82 Å². The lowest BCUT2D eigenvalue weighted by molar-refractivity contribution is 0.200. The number of aliphatic hydroxyl groups excluding tert-OH is 1. The zero-order valence-electron chi connectivity index (χ0n) is 6.80. The maximum atomic E-state index is 10.1. The first-order valence-electron chi connectivity index (χ1n) is 3.42. The quantitative estimate of drug-likeness (QED) is 0.337. The van der Waals surface area contributed by atoms with E-state index in [0.717, 1.165) is 5.57 Å². The van der Waals surface area contributed by atoms with Crippen LogP contribution in [0.5, 0.6) is 0 Å². The van der Waals surface area contributed by atoms with E-state index >= 15 is 0 Å². The highest BCUT2D eigenvalue weighted by molar-refractivity contribution is 7.46. The maximum absolute atomic E-state index is 10.1. The Labute approximate surface area is 70.9 Å². The molecule has 0 aliphatic heterocycles. The molecule has 0 aliphatic rings. The van der Waals surface area contributed by atoms with E-state index in [-0.39, 0.29) is 13.2 Å². The van der Waals surface area contributed by atoms with E-state index in [1.807, 2.05) is 0 Å². The van der Waals surface area contributed by atoms with Gasteiger partial charge in [0.15, 0.2) is 0 Å². The summed E-state index contributed by atoms with van der Waals surface area (Å²) in [6.45, 7) is 1.63. The highest BCUT2D eigenvalue weighted by Crippen LogP contribution is 2.35. The molecule has 0 aromatic carbocycles. The summed E-state index contributed by atoms with van der Waals surface area (Å²) in [5.74, 6) is 0. The maximum Gasteiger partial charge on any atom is 0.469 e. The van der Waals surface area contributed by atoms with Crippen LogP contribution in [0.15, 0.2) is 11.6 Å². The summed E-state index contributed by atoms with van der Waals surface area (Å²) in [6, 6.07) is 0. The van der Waals surface area contributed by atoms with Crippen molar-refractivity contribution in [3.8, 4) is 0 Å². The van der Waals surface area contributed by atoms with Crippen molar-refractivity contribution in [2.45, 2.75) is 13.3 Å². The third kappa shape index (κ3) is 7.91. The molecule has 0 amide bonds. The van der Waals surface area contributed by atoms with Gasteiger partial charge in [-0.3, -0.25) is 4.52 Å². The summed E-state index contributed by atoms with van der Waals surface area (Å²) in [5.41, 5.74) is 0.754. The second-order valence-corrected chi connectivity index (χ2v) is 3.56. The standard InChI is InChI=1S/C6H13O5P/c1-6(5-7)3-2-4-11-12(8,9)10/h3,7H,2,4-5H2,1H3,(H2,8,9,10)/b6-3-. The van der Waals surface area contributed by atoms with Gasteiger partial charge in [0.05, 0.1) is 13.2 Å². The van der Waals surface area contributed by atoms with Gasteiger partial charge in [-0.2, -0.15) is 0 Å². The molecule has 5 nitrogen and oxygen atoms in total. The molecule has 0 aromatic rings. The Hall–Kier alpha value is -0.190. The van der Waals surface area contributed by atoms with Gasteiger partial charge in [0.2, 0.25) is 0 Å². The number of phosphoric acid groups is 1.